The highest BCUT2D eigenvalue weighted by Crippen LogP contribution is 2.17. The highest BCUT2D eigenvalue weighted by molar-refractivity contribution is 5.17. The van der Waals surface area contributed by atoms with Crippen LogP contribution in [-0.4, -0.2) is 20.9 Å². The van der Waals surface area contributed by atoms with Gasteiger partial charge in [-0.1, -0.05) is 13.8 Å². The molecular weight excluding hydrogens is 236 g/mol. The predicted molar refractivity (Wildman–Crippen MR) is 78.1 cm³/mol. The van der Waals surface area contributed by atoms with Gasteiger partial charge in [-0.05, 0) is 31.5 Å². The normalized spacial score (nSPS) is 12.8. The first-order valence-corrected chi connectivity index (χ1v) is 7.17. The molecular formula is C15H24N4. The van der Waals surface area contributed by atoms with Crippen LogP contribution in [0.15, 0.2) is 30.9 Å². The maximum absolute atomic E-state index is 4.31. The molecule has 0 saturated carbocycles. The minimum absolute atomic E-state index is 0.463. The van der Waals surface area contributed by atoms with E-state index < -0.39 is 0 Å². The summed E-state index contributed by atoms with van der Waals surface area (Å²) < 4.78 is 4.19. The summed E-state index contributed by atoms with van der Waals surface area (Å²) in [6.07, 6.45) is 9.57. The van der Waals surface area contributed by atoms with Crippen molar-refractivity contribution in [3.8, 4) is 0 Å². The van der Waals surface area contributed by atoms with Crippen molar-refractivity contribution in [1.29, 1.82) is 0 Å². The molecule has 1 unspecified atom stereocenters. The van der Waals surface area contributed by atoms with Crippen molar-refractivity contribution in [3.05, 3.63) is 42.0 Å². The lowest BCUT2D eigenvalue weighted by molar-refractivity contribution is 0.536. The van der Waals surface area contributed by atoms with Gasteiger partial charge in [0.05, 0.1) is 12.7 Å². The minimum atomic E-state index is 0.463. The van der Waals surface area contributed by atoms with E-state index in [1.807, 2.05) is 10.9 Å². The molecule has 0 spiro atoms. The van der Waals surface area contributed by atoms with E-state index in [-0.39, 0.29) is 0 Å². The van der Waals surface area contributed by atoms with Gasteiger partial charge in [0.25, 0.3) is 0 Å². The predicted octanol–water partition coefficient (Wildman–Crippen LogP) is 2.81. The molecule has 1 N–H and O–H groups in total. The Kier molecular flexibility index (Phi) is 4.80. The smallest absolute Gasteiger partial charge is 0.0539 e. The first-order chi connectivity index (χ1) is 9.26. The Labute approximate surface area is 115 Å². The van der Waals surface area contributed by atoms with E-state index in [9.17, 15) is 0 Å². The molecule has 4 heteroatoms. The minimum Gasteiger partial charge on any atom is -0.349 e. The number of aryl methyl sites for hydroxylation is 1. The molecule has 2 rings (SSSR count). The van der Waals surface area contributed by atoms with Crippen molar-refractivity contribution in [1.82, 2.24) is 19.7 Å². The van der Waals surface area contributed by atoms with E-state index in [4.69, 9.17) is 0 Å². The average Bonchev–Trinajstić information content (AvgIpc) is 3.05. The Morgan fingerprint density at radius 2 is 2.11 bits per heavy atom. The number of nitrogens with one attached hydrogen (secondary N) is 1. The van der Waals surface area contributed by atoms with Crippen molar-refractivity contribution in [2.24, 2.45) is 0 Å². The van der Waals surface area contributed by atoms with Gasteiger partial charge in [0.15, 0.2) is 0 Å². The molecule has 0 aliphatic carbocycles. The van der Waals surface area contributed by atoms with Crippen molar-refractivity contribution in [2.75, 3.05) is 6.54 Å². The van der Waals surface area contributed by atoms with Gasteiger partial charge in [0, 0.05) is 36.7 Å². The zero-order valence-electron chi connectivity index (χ0n) is 12.1. The maximum atomic E-state index is 4.31. The Morgan fingerprint density at radius 1 is 1.26 bits per heavy atom. The largest absolute Gasteiger partial charge is 0.349 e. The molecule has 0 amide bonds. The summed E-state index contributed by atoms with van der Waals surface area (Å²) >= 11 is 0. The third-order valence-corrected chi connectivity index (χ3v) is 3.41. The van der Waals surface area contributed by atoms with Crippen LogP contribution in [0.5, 0.6) is 0 Å². The molecule has 1 atom stereocenters. The molecule has 2 heterocycles. The molecule has 0 radical (unpaired) electrons. The summed E-state index contributed by atoms with van der Waals surface area (Å²) in [4.78, 5) is 0. The van der Waals surface area contributed by atoms with Crippen LogP contribution in [0.4, 0.5) is 0 Å². The van der Waals surface area contributed by atoms with E-state index in [0.29, 0.717) is 6.04 Å². The number of nitrogens with zero attached hydrogens (tertiary/aromatic N) is 3. The van der Waals surface area contributed by atoms with Crippen LogP contribution in [0.1, 0.15) is 44.4 Å². The zero-order chi connectivity index (χ0) is 13.7. The summed E-state index contributed by atoms with van der Waals surface area (Å²) in [6, 6.07) is 2.67. The van der Waals surface area contributed by atoms with Gasteiger partial charge in [-0.2, -0.15) is 5.10 Å². The second kappa shape index (κ2) is 6.57. The van der Waals surface area contributed by atoms with Gasteiger partial charge in [-0.15, -0.1) is 0 Å². The summed E-state index contributed by atoms with van der Waals surface area (Å²) in [5.41, 5.74) is 2.62. The molecule has 0 saturated heterocycles. The Hall–Kier alpha value is -1.55. The lowest BCUT2D eigenvalue weighted by Gasteiger charge is -2.13. The van der Waals surface area contributed by atoms with Crippen LogP contribution in [0.3, 0.4) is 0 Å². The second-order valence-corrected chi connectivity index (χ2v) is 4.84. The molecule has 0 bridgehead atoms. The fraction of sp³-hybridized carbons (Fsp3) is 0.533. The first kappa shape index (κ1) is 13.9. The van der Waals surface area contributed by atoms with E-state index in [0.717, 1.165) is 26.1 Å². The number of aromatic nitrogens is 3. The van der Waals surface area contributed by atoms with Crippen molar-refractivity contribution in [2.45, 2.75) is 46.3 Å². The first-order valence-electron chi connectivity index (χ1n) is 7.17. The van der Waals surface area contributed by atoms with Crippen molar-refractivity contribution < 1.29 is 0 Å². The van der Waals surface area contributed by atoms with Gasteiger partial charge >= 0.3 is 0 Å². The summed E-state index contributed by atoms with van der Waals surface area (Å²) in [5.74, 6) is 0. The van der Waals surface area contributed by atoms with E-state index >= 15 is 0 Å². The SMILES string of the molecule is CCNC(CC)c1ccn(Cc2cnn(CC)c2)c1. The van der Waals surface area contributed by atoms with E-state index in [2.05, 4.69) is 60.4 Å². The lowest BCUT2D eigenvalue weighted by atomic mass is 10.1. The van der Waals surface area contributed by atoms with E-state index in [1.54, 1.807) is 0 Å². The summed E-state index contributed by atoms with van der Waals surface area (Å²) in [5, 5.41) is 7.82. The van der Waals surface area contributed by atoms with Crippen LogP contribution in [0, 0.1) is 0 Å². The van der Waals surface area contributed by atoms with Gasteiger partial charge < -0.3 is 9.88 Å². The van der Waals surface area contributed by atoms with Gasteiger partial charge in [-0.25, -0.2) is 0 Å². The monoisotopic (exact) mass is 260 g/mol. The number of rotatable bonds is 7. The van der Waals surface area contributed by atoms with Crippen LogP contribution in [0.2, 0.25) is 0 Å². The zero-order valence-corrected chi connectivity index (χ0v) is 12.1. The fourth-order valence-electron chi connectivity index (χ4n) is 2.38. The topological polar surface area (TPSA) is 34.8 Å². The number of hydrogen-bond acceptors (Lipinski definition) is 2. The van der Waals surface area contributed by atoms with Crippen molar-refractivity contribution in [3.63, 3.8) is 0 Å². The average molecular weight is 260 g/mol. The van der Waals surface area contributed by atoms with Crippen LogP contribution in [-0.2, 0) is 13.1 Å². The summed E-state index contributed by atoms with van der Waals surface area (Å²) in [6.45, 7) is 9.30. The Balaban J connectivity index is 2.04. The van der Waals surface area contributed by atoms with Gasteiger partial charge in [0.1, 0.15) is 0 Å². The standard InChI is InChI=1S/C15H24N4/c1-4-15(16-5-2)14-7-8-18(12-14)10-13-9-17-19(6-3)11-13/h7-9,11-12,15-16H,4-6,10H2,1-3H3. The highest BCUT2D eigenvalue weighted by atomic mass is 15.3. The Morgan fingerprint density at radius 3 is 2.74 bits per heavy atom. The summed E-state index contributed by atoms with van der Waals surface area (Å²) in [7, 11) is 0. The molecule has 0 aliphatic rings. The molecule has 2 aromatic rings. The van der Waals surface area contributed by atoms with Gasteiger partial charge in [0.2, 0.25) is 0 Å². The van der Waals surface area contributed by atoms with E-state index in [1.165, 1.54) is 11.1 Å². The third kappa shape index (κ3) is 3.47. The Bertz CT molecular complexity index is 498. The number of hydrogen-bond donors (Lipinski definition) is 1. The molecule has 2 aromatic heterocycles. The highest BCUT2D eigenvalue weighted by Gasteiger charge is 2.09. The molecule has 0 aliphatic heterocycles. The second-order valence-electron chi connectivity index (χ2n) is 4.84. The fourth-order valence-corrected chi connectivity index (χ4v) is 2.38. The molecule has 4 nitrogen and oxygen atoms in total. The van der Waals surface area contributed by atoms with Crippen LogP contribution in [0.25, 0.3) is 0 Å². The molecule has 0 fully saturated rings. The van der Waals surface area contributed by atoms with Crippen LogP contribution < -0.4 is 5.32 Å². The molecule has 19 heavy (non-hydrogen) atoms. The molecule has 0 aromatic carbocycles. The van der Waals surface area contributed by atoms with Crippen LogP contribution >= 0.6 is 0 Å². The quantitative estimate of drug-likeness (QED) is 0.830. The third-order valence-electron chi connectivity index (χ3n) is 3.41. The maximum Gasteiger partial charge on any atom is 0.0539 e. The van der Waals surface area contributed by atoms with Crippen molar-refractivity contribution >= 4 is 0 Å². The lowest BCUT2D eigenvalue weighted by Crippen LogP contribution is -2.19. The van der Waals surface area contributed by atoms with Gasteiger partial charge in [-0.3, -0.25) is 4.68 Å². The molecule has 104 valence electrons.